The van der Waals surface area contributed by atoms with Gasteiger partial charge in [0.05, 0.1) is 17.9 Å². The van der Waals surface area contributed by atoms with Crippen molar-refractivity contribution in [2.45, 2.75) is 45.9 Å². The monoisotopic (exact) mass is 479 g/mol. The van der Waals surface area contributed by atoms with Gasteiger partial charge in [-0.3, -0.25) is 0 Å². The Morgan fingerprint density at radius 1 is 1.14 bits per heavy atom. The van der Waals surface area contributed by atoms with Gasteiger partial charge in [0.1, 0.15) is 12.0 Å². The summed E-state index contributed by atoms with van der Waals surface area (Å²) in [5.41, 5.74) is 1.57. The number of benzene rings is 2. The summed E-state index contributed by atoms with van der Waals surface area (Å²) >= 11 is 0. The molecule has 0 aliphatic rings. The van der Waals surface area contributed by atoms with Crippen molar-refractivity contribution in [1.82, 2.24) is 15.3 Å². The number of aromatic nitrogens is 2. The molecule has 0 aliphatic carbocycles. The number of hydrogen-bond acceptors (Lipinski definition) is 7. The largest absolute Gasteiger partial charge is 0.478 e. The number of rotatable bonds is 10. The van der Waals surface area contributed by atoms with Gasteiger partial charge >= 0.3 is 5.97 Å². The average molecular weight is 480 g/mol. The van der Waals surface area contributed by atoms with Gasteiger partial charge in [-0.25, -0.2) is 19.2 Å². The maximum atomic E-state index is 14.4. The fourth-order valence-corrected chi connectivity index (χ4v) is 3.35. The minimum atomic E-state index is -1.53. The first-order chi connectivity index (χ1) is 16.7. The number of carboxylic acid groups (broad SMARTS) is 1. The van der Waals surface area contributed by atoms with Gasteiger partial charge in [0, 0.05) is 18.5 Å². The van der Waals surface area contributed by atoms with Crippen LogP contribution in [0.25, 0.3) is 11.5 Å². The molecule has 9 heteroatoms. The molecule has 0 radical (unpaired) electrons. The lowest BCUT2D eigenvalue weighted by atomic mass is 10.1. The number of carbonyl (C=O) groups is 1. The Kier molecular flexibility index (Phi) is 6.97. The molecule has 0 atom stereocenters. The van der Waals surface area contributed by atoms with Gasteiger partial charge in [-0.15, -0.1) is 0 Å². The summed E-state index contributed by atoms with van der Waals surface area (Å²) in [6, 6.07) is 14.1. The van der Waals surface area contributed by atoms with E-state index < -0.39 is 17.4 Å². The molecule has 2 aromatic heterocycles. The van der Waals surface area contributed by atoms with E-state index in [2.05, 4.69) is 15.3 Å². The van der Waals surface area contributed by atoms with E-state index in [9.17, 15) is 9.18 Å². The Morgan fingerprint density at radius 3 is 2.63 bits per heavy atom. The maximum absolute atomic E-state index is 14.4. The highest BCUT2D eigenvalue weighted by atomic mass is 19.1. The highest BCUT2D eigenvalue weighted by Crippen LogP contribution is 2.24. The molecular weight excluding hydrogens is 453 g/mol. The van der Waals surface area contributed by atoms with Gasteiger partial charge in [0.2, 0.25) is 11.8 Å². The van der Waals surface area contributed by atoms with Gasteiger partial charge in [0.15, 0.2) is 17.2 Å². The second kappa shape index (κ2) is 10.1. The highest BCUT2D eigenvalue weighted by molar-refractivity contribution is 5.76. The zero-order valence-electron chi connectivity index (χ0n) is 19.7. The van der Waals surface area contributed by atoms with Crippen LogP contribution in [0.5, 0.6) is 5.75 Å². The molecule has 0 fully saturated rings. The zero-order chi connectivity index (χ0) is 25.0. The lowest BCUT2D eigenvalue weighted by Gasteiger charge is -2.22. The van der Waals surface area contributed by atoms with Crippen molar-refractivity contribution >= 4 is 5.97 Å². The molecule has 0 spiro atoms. The number of aryl methyl sites for hydroxylation is 1. The third kappa shape index (κ3) is 5.93. The summed E-state index contributed by atoms with van der Waals surface area (Å²) in [5.74, 6) is -0.130. The molecule has 2 aromatic carbocycles. The number of carboxylic acids is 1. The van der Waals surface area contributed by atoms with Crippen LogP contribution in [0.1, 0.15) is 42.4 Å². The van der Waals surface area contributed by atoms with Crippen LogP contribution in [0, 0.1) is 12.7 Å². The van der Waals surface area contributed by atoms with Crippen LogP contribution in [0.3, 0.4) is 0 Å². The molecule has 0 amide bonds. The number of ether oxygens (including phenoxy) is 1. The quantitative estimate of drug-likeness (QED) is 0.330. The van der Waals surface area contributed by atoms with Crippen molar-refractivity contribution < 1.29 is 27.9 Å². The van der Waals surface area contributed by atoms with Crippen LogP contribution in [-0.2, 0) is 24.3 Å². The summed E-state index contributed by atoms with van der Waals surface area (Å²) in [5, 5.41) is 12.3. The zero-order valence-corrected chi connectivity index (χ0v) is 19.7. The SMILES string of the molecule is Cc1oc(-c2ccccc2)nc1Cc1coc(CNCc2ccc(OC(C)(C)C(=O)O)c(F)c2)n1. The first-order valence-electron chi connectivity index (χ1n) is 11.1. The van der Waals surface area contributed by atoms with Crippen LogP contribution in [0.15, 0.2) is 63.6 Å². The second-order valence-electron chi connectivity index (χ2n) is 8.58. The predicted octanol–water partition coefficient (Wildman–Crippen LogP) is 4.90. The number of nitrogens with one attached hydrogen (secondary N) is 1. The van der Waals surface area contributed by atoms with E-state index in [0.717, 1.165) is 22.7 Å². The van der Waals surface area contributed by atoms with Crippen molar-refractivity contribution in [1.29, 1.82) is 0 Å². The minimum Gasteiger partial charge on any atom is -0.478 e. The molecule has 0 bridgehead atoms. The molecule has 2 N–H and O–H groups in total. The van der Waals surface area contributed by atoms with Gasteiger partial charge in [-0.2, -0.15) is 0 Å². The normalized spacial score (nSPS) is 11.5. The molecular formula is C26H26FN3O5. The third-order valence-electron chi connectivity index (χ3n) is 5.34. The fraction of sp³-hybridized carbons (Fsp3) is 0.269. The van der Waals surface area contributed by atoms with Crippen molar-refractivity contribution in [3.05, 3.63) is 89.2 Å². The number of oxazole rings is 2. The average Bonchev–Trinajstić information content (AvgIpc) is 3.42. The van der Waals surface area contributed by atoms with Crippen LogP contribution in [-0.4, -0.2) is 26.6 Å². The van der Waals surface area contributed by atoms with E-state index >= 15 is 0 Å². The van der Waals surface area contributed by atoms with E-state index in [-0.39, 0.29) is 5.75 Å². The number of aliphatic carboxylic acids is 1. The first kappa shape index (κ1) is 24.2. The molecule has 182 valence electrons. The second-order valence-corrected chi connectivity index (χ2v) is 8.58. The van der Waals surface area contributed by atoms with E-state index in [4.69, 9.17) is 18.7 Å². The molecule has 0 saturated carbocycles. The summed E-state index contributed by atoms with van der Waals surface area (Å²) in [6.45, 7) is 5.30. The van der Waals surface area contributed by atoms with Gasteiger partial charge in [-0.05, 0) is 50.6 Å². The summed E-state index contributed by atoms with van der Waals surface area (Å²) in [6.07, 6.45) is 2.06. The molecule has 0 saturated heterocycles. The number of hydrogen-bond donors (Lipinski definition) is 2. The van der Waals surface area contributed by atoms with E-state index in [1.807, 2.05) is 37.3 Å². The van der Waals surface area contributed by atoms with E-state index in [1.165, 1.54) is 26.0 Å². The molecule has 0 aliphatic heterocycles. The van der Waals surface area contributed by atoms with Crippen molar-refractivity contribution in [2.24, 2.45) is 0 Å². The Balaban J connectivity index is 1.31. The summed E-state index contributed by atoms with van der Waals surface area (Å²) < 4.78 is 31.0. The standard InChI is InChI=1S/C26H26FN3O5/c1-16-21(30-24(34-16)18-7-5-4-6-8-18)12-19-15-33-23(29-19)14-28-13-17-9-10-22(20(27)11-17)35-26(2,3)25(31)32/h4-11,15,28H,12-14H2,1-3H3,(H,31,32). The summed E-state index contributed by atoms with van der Waals surface area (Å²) in [7, 11) is 0. The first-order valence-corrected chi connectivity index (χ1v) is 11.1. The van der Waals surface area contributed by atoms with Crippen molar-refractivity contribution in [2.75, 3.05) is 0 Å². The lowest BCUT2D eigenvalue weighted by molar-refractivity contribution is -0.152. The Labute approximate surface area is 201 Å². The van der Waals surface area contributed by atoms with Crippen LogP contribution in [0.2, 0.25) is 0 Å². The molecule has 2 heterocycles. The van der Waals surface area contributed by atoms with Crippen molar-refractivity contribution in [3.63, 3.8) is 0 Å². The Hall–Kier alpha value is -3.98. The molecule has 4 aromatic rings. The number of nitrogens with zero attached hydrogens (tertiary/aromatic N) is 2. The fourth-order valence-electron chi connectivity index (χ4n) is 3.35. The summed E-state index contributed by atoms with van der Waals surface area (Å²) in [4.78, 5) is 20.3. The topological polar surface area (TPSA) is 111 Å². The smallest absolute Gasteiger partial charge is 0.347 e. The highest BCUT2D eigenvalue weighted by Gasteiger charge is 2.30. The Bertz CT molecular complexity index is 1310. The lowest BCUT2D eigenvalue weighted by Crippen LogP contribution is -2.38. The van der Waals surface area contributed by atoms with Crippen molar-refractivity contribution in [3.8, 4) is 17.2 Å². The van der Waals surface area contributed by atoms with Crippen LogP contribution < -0.4 is 10.1 Å². The van der Waals surface area contributed by atoms with E-state index in [1.54, 1.807) is 12.3 Å². The number of halogens is 1. The van der Waals surface area contributed by atoms with Crippen LogP contribution in [0.4, 0.5) is 4.39 Å². The van der Waals surface area contributed by atoms with Gasteiger partial charge in [0.25, 0.3) is 0 Å². The van der Waals surface area contributed by atoms with Gasteiger partial charge < -0.3 is 24.0 Å². The Morgan fingerprint density at radius 2 is 1.91 bits per heavy atom. The molecule has 0 unspecified atom stereocenters. The molecule has 8 nitrogen and oxygen atoms in total. The minimum absolute atomic E-state index is 0.114. The van der Waals surface area contributed by atoms with E-state index in [0.29, 0.717) is 36.9 Å². The van der Waals surface area contributed by atoms with Crippen LogP contribution >= 0.6 is 0 Å². The molecule has 4 rings (SSSR count). The maximum Gasteiger partial charge on any atom is 0.347 e. The predicted molar refractivity (Wildman–Crippen MR) is 125 cm³/mol. The molecule has 35 heavy (non-hydrogen) atoms. The third-order valence-corrected chi connectivity index (χ3v) is 5.34. The van der Waals surface area contributed by atoms with Gasteiger partial charge in [-0.1, -0.05) is 24.3 Å².